The highest BCUT2D eigenvalue weighted by atomic mass is 32.2. The topological polar surface area (TPSA) is 86.7 Å². The number of likely N-dealkylation sites (tertiary alicyclic amines) is 1. The molecule has 1 aromatic rings. The zero-order valence-electron chi connectivity index (χ0n) is 15.2. The molecule has 3 atom stereocenters. The average molecular weight is 378 g/mol. The molecule has 0 aromatic heterocycles. The van der Waals surface area contributed by atoms with Crippen molar-refractivity contribution in [2.45, 2.75) is 38.3 Å². The van der Waals surface area contributed by atoms with Crippen LogP contribution in [0.5, 0.6) is 0 Å². The van der Waals surface area contributed by atoms with E-state index in [1.807, 2.05) is 36.6 Å². The summed E-state index contributed by atoms with van der Waals surface area (Å²) in [5.41, 5.74) is 0.890. The summed E-state index contributed by atoms with van der Waals surface area (Å²) in [5, 5.41) is 12.1. The van der Waals surface area contributed by atoms with Gasteiger partial charge in [0, 0.05) is 12.6 Å². The smallest absolute Gasteiger partial charge is 0.308 e. The first kappa shape index (κ1) is 20.3. The molecule has 6 nitrogen and oxygen atoms in total. The summed E-state index contributed by atoms with van der Waals surface area (Å²) in [6, 6.07) is 8.40. The number of benzene rings is 1. The van der Waals surface area contributed by atoms with Crippen LogP contribution in [0.4, 0.5) is 0 Å². The molecule has 1 aliphatic heterocycles. The van der Waals surface area contributed by atoms with Gasteiger partial charge in [0.1, 0.15) is 6.04 Å². The first-order chi connectivity index (χ1) is 12.4. The highest BCUT2D eigenvalue weighted by Gasteiger charge is 2.40. The van der Waals surface area contributed by atoms with E-state index in [4.69, 9.17) is 0 Å². The second-order valence-electron chi connectivity index (χ2n) is 6.57. The lowest BCUT2D eigenvalue weighted by Gasteiger charge is -2.28. The molecule has 0 aliphatic carbocycles. The fraction of sp³-hybridized carbons (Fsp3) is 0.526. The molecule has 0 saturated carbocycles. The van der Waals surface area contributed by atoms with Crippen molar-refractivity contribution in [3.8, 4) is 0 Å². The summed E-state index contributed by atoms with van der Waals surface area (Å²) in [4.78, 5) is 38.2. The van der Waals surface area contributed by atoms with E-state index in [0.29, 0.717) is 19.4 Å². The summed E-state index contributed by atoms with van der Waals surface area (Å²) in [5.74, 6) is -1.05. The lowest BCUT2D eigenvalue weighted by molar-refractivity contribution is -0.143. The van der Waals surface area contributed by atoms with Gasteiger partial charge in [0.25, 0.3) is 0 Å². The second kappa shape index (κ2) is 9.62. The van der Waals surface area contributed by atoms with E-state index in [-0.39, 0.29) is 24.3 Å². The number of carbonyl (C=O) groups excluding carboxylic acids is 2. The van der Waals surface area contributed by atoms with E-state index >= 15 is 0 Å². The van der Waals surface area contributed by atoms with E-state index in [0.717, 1.165) is 11.3 Å². The van der Waals surface area contributed by atoms with Crippen molar-refractivity contribution in [3.05, 3.63) is 35.9 Å². The SMILES string of the molecule is CSCCC(NC(=O)Cc1ccccc1)C(=O)N1CCC(C(=O)O)C1C. The van der Waals surface area contributed by atoms with Crippen LogP contribution in [0, 0.1) is 5.92 Å². The molecule has 0 spiro atoms. The lowest BCUT2D eigenvalue weighted by Crippen LogP contribution is -2.51. The zero-order chi connectivity index (χ0) is 19.1. The van der Waals surface area contributed by atoms with Crippen LogP contribution in [0.2, 0.25) is 0 Å². The molecule has 142 valence electrons. The molecular weight excluding hydrogens is 352 g/mol. The Bertz CT molecular complexity index is 638. The molecule has 26 heavy (non-hydrogen) atoms. The van der Waals surface area contributed by atoms with E-state index in [1.54, 1.807) is 23.6 Å². The number of carboxylic acid groups (broad SMARTS) is 1. The third-order valence-electron chi connectivity index (χ3n) is 4.81. The van der Waals surface area contributed by atoms with Gasteiger partial charge in [-0.2, -0.15) is 11.8 Å². The fourth-order valence-electron chi connectivity index (χ4n) is 3.30. The number of rotatable bonds is 8. The molecule has 1 aliphatic rings. The molecule has 1 aromatic carbocycles. The molecule has 1 saturated heterocycles. The van der Waals surface area contributed by atoms with Crippen LogP contribution in [0.3, 0.4) is 0 Å². The van der Waals surface area contributed by atoms with Gasteiger partial charge < -0.3 is 15.3 Å². The summed E-state index contributed by atoms with van der Waals surface area (Å²) in [6.07, 6.45) is 3.15. The summed E-state index contributed by atoms with van der Waals surface area (Å²) in [6.45, 7) is 2.18. The Labute approximate surface area is 158 Å². The summed E-state index contributed by atoms with van der Waals surface area (Å²) >= 11 is 1.61. The predicted octanol–water partition coefficient (Wildman–Crippen LogP) is 1.79. The number of carbonyl (C=O) groups is 3. The van der Waals surface area contributed by atoms with Crippen LogP contribution in [0.15, 0.2) is 30.3 Å². The number of thioether (sulfide) groups is 1. The molecule has 1 heterocycles. The quantitative estimate of drug-likeness (QED) is 0.720. The third-order valence-corrected chi connectivity index (χ3v) is 5.45. The fourth-order valence-corrected chi connectivity index (χ4v) is 3.77. The first-order valence-corrected chi connectivity index (χ1v) is 10.2. The Morgan fingerprint density at radius 2 is 2.00 bits per heavy atom. The van der Waals surface area contributed by atoms with Gasteiger partial charge in [0.05, 0.1) is 12.3 Å². The lowest BCUT2D eigenvalue weighted by atomic mass is 10.0. The average Bonchev–Trinajstić information content (AvgIpc) is 3.00. The number of carboxylic acids is 1. The number of nitrogens with zero attached hydrogens (tertiary/aromatic N) is 1. The maximum absolute atomic E-state index is 12.9. The van der Waals surface area contributed by atoms with Crippen LogP contribution < -0.4 is 5.32 Å². The van der Waals surface area contributed by atoms with Crippen LogP contribution in [0.25, 0.3) is 0 Å². The minimum atomic E-state index is -0.874. The van der Waals surface area contributed by atoms with Gasteiger partial charge in [-0.25, -0.2) is 0 Å². The molecular formula is C19H26N2O4S. The standard InChI is InChI=1S/C19H26N2O4S/c1-13-15(19(24)25)8-10-21(13)18(23)16(9-11-26-2)20-17(22)12-14-6-4-3-5-7-14/h3-7,13,15-16H,8-12H2,1-2H3,(H,20,22)(H,24,25). The number of hydrogen-bond acceptors (Lipinski definition) is 4. The van der Waals surface area contributed by atoms with Crippen LogP contribution in [0.1, 0.15) is 25.3 Å². The number of nitrogens with one attached hydrogen (secondary N) is 1. The van der Waals surface area contributed by atoms with Crippen LogP contribution in [-0.2, 0) is 20.8 Å². The zero-order valence-corrected chi connectivity index (χ0v) is 16.0. The van der Waals surface area contributed by atoms with Crippen molar-refractivity contribution in [2.24, 2.45) is 5.92 Å². The Balaban J connectivity index is 2.02. The molecule has 0 bridgehead atoms. The predicted molar refractivity (Wildman–Crippen MR) is 102 cm³/mol. The van der Waals surface area contributed by atoms with E-state index in [1.165, 1.54) is 0 Å². The molecule has 3 unspecified atom stereocenters. The van der Waals surface area contributed by atoms with Crippen molar-refractivity contribution < 1.29 is 19.5 Å². The first-order valence-electron chi connectivity index (χ1n) is 8.79. The normalized spacial score (nSPS) is 20.6. The maximum Gasteiger partial charge on any atom is 0.308 e. The Morgan fingerprint density at radius 3 is 2.58 bits per heavy atom. The number of hydrogen-bond donors (Lipinski definition) is 2. The van der Waals surface area contributed by atoms with Crippen molar-refractivity contribution in [2.75, 3.05) is 18.6 Å². The van der Waals surface area contributed by atoms with Gasteiger partial charge in [0.15, 0.2) is 0 Å². The molecule has 1 fully saturated rings. The molecule has 0 radical (unpaired) electrons. The molecule has 2 amide bonds. The minimum absolute atomic E-state index is 0.184. The van der Waals surface area contributed by atoms with Gasteiger partial charge >= 0.3 is 5.97 Å². The Kier molecular flexibility index (Phi) is 7.50. The van der Waals surface area contributed by atoms with Crippen LogP contribution >= 0.6 is 11.8 Å². The van der Waals surface area contributed by atoms with Gasteiger partial charge in [-0.15, -0.1) is 0 Å². The van der Waals surface area contributed by atoms with Gasteiger partial charge in [0.2, 0.25) is 11.8 Å². The summed E-state index contributed by atoms with van der Waals surface area (Å²) in [7, 11) is 0. The minimum Gasteiger partial charge on any atom is -0.481 e. The summed E-state index contributed by atoms with van der Waals surface area (Å²) < 4.78 is 0. The van der Waals surface area contributed by atoms with Crippen molar-refractivity contribution >= 4 is 29.5 Å². The van der Waals surface area contributed by atoms with Crippen molar-refractivity contribution in [1.29, 1.82) is 0 Å². The van der Waals surface area contributed by atoms with Gasteiger partial charge in [-0.3, -0.25) is 14.4 Å². The highest BCUT2D eigenvalue weighted by molar-refractivity contribution is 7.98. The van der Waals surface area contributed by atoms with Crippen molar-refractivity contribution in [1.82, 2.24) is 10.2 Å². The highest BCUT2D eigenvalue weighted by Crippen LogP contribution is 2.25. The monoisotopic (exact) mass is 378 g/mol. The van der Waals surface area contributed by atoms with E-state index < -0.39 is 17.9 Å². The van der Waals surface area contributed by atoms with Gasteiger partial charge in [-0.1, -0.05) is 30.3 Å². The largest absolute Gasteiger partial charge is 0.481 e. The number of aliphatic carboxylic acids is 1. The third kappa shape index (κ3) is 5.24. The molecule has 2 N–H and O–H groups in total. The number of amides is 2. The van der Waals surface area contributed by atoms with Gasteiger partial charge in [-0.05, 0) is 37.3 Å². The molecule has 7 heteroatoms. The van der Waals surface area contributed by atoms with Crippen molar-refractivity contribution in [3.63, 3.8) is 0 Å². The maximum atomic E-state index is 12.9. The Hall–Kier alpha value is -2.02. The second-order valence-corrected chi connectivity index (χ2v) is 7.56. The van der Waals surface area contributed by atoms with Crippen LogP contribution in [-0.4, -0.2) is 58.4 Å². The molecule has 2 rings (SSSR count). The van der Waals surface area contributed by atoms with E-state index in [9.17, 15) is 19.5 Å². The van der Waals surface area contributed by atoms with E-state index in [2.05, 4.69) is 5.32 Å². The Morgan fingerprint density at radius 1 is 1.31 bits per heavy atom.